The van der Waals surface area contributed by atoms with Gasteiger partial charge in [0.25, 0.3) is 0 Å². The van der Waals surface area contributed by atoms with Gasteiger partial charge in [-0.2, -0.15) is 17.5 Å². The van der Waals surface area contributed by atoms with E-state index in [-0.39, 0.29) is 31.1 Å². The predicted octanol–water partition coefficient (Wildman–Crippen LogP) is 5.83. The third-order valence-electron chi connectivity index (χ3n) is 8.58. The summed E-state index contributed by atoms with van der Waals surface area (Å²) in [6.45, 7) is 6.14. The van der Waals surface area contributed by atoms with E-state index in [9.17, 15) is 21.6 Å². The van der Waals surface area contributed by atoms with Crippen LogP contribution in [0.5, 0.6) is 0 Å². The van der Waals surface area contributed by atoms with Crippen molar-refractivity contribution in [2.24, 2.45) is 0 Å². The molecule has 214 valence electrons. The number of hydrogen-bond acceptors (Lipinski definition) is 4. The molecule has 1 N–H and O–H groups in total. The Morgan fingerprint density at radius 2 is 1.62 bits per heavy atom. The quantitative estimate of drug-likeness (QED) is 0.405. The molecule has 2 aliphatic heterocycles. The fourth-order valence-corrected chi connectivity index (χ4v) is 8.08. The lowest BCUT2D eigenvalue weighted by atomic mass is 9.74. The number of nitrogens with one attached hydrogen (secondary N) is 1. The van der Waals surface area contributed by atoms with Gasteiger partial charge in [0.1, 0.15) is 0 Å². The second-order valence-electron chi connectivity index (χ2n) is 10.9. The van der Waals surface area contributed by atoms with E-state index in [4.69, 9.17) is 0 Å². The number of likely N-dealkylation sites (N-methyl/N-ethyl adjacent to an activating group) is 1. The van der Waals surface area contributed by atoms with E-state index in [0.29, 0.717) is 6.42 Å². The second-order valence-corrected chi connectivity index (χ2v) is 12.8. The average Bonchev–Trinajstić information content (AvgIpc) is 2.91. The molecule has 0 aliphatic carbocycles. The minimum atomic E-state index is -4.76. The van der Waals surface area contributed by atoms with Crippen molar-refractivity contribution in [1.29, 1.82) is 0 Å². The molecular weight excluding hydrogens is 535 g/mol. The smallest absolute Gasteiger partial charge is 0.318 e. The molecule has 9 heteroatoms. The van der Waals surface area contributed by atoms with Gasteiger partial charge in [-0.25, -0.2) is 8.42 Å². The van der Waals surface area contributed by atoms with Gasteiger partial charge >= 0.3 is 6.18 Å². The van der Waals surface area contributed by atoms with Gasteiger partial charge in [0.05, 0.1) is 10.5 Å². The van der Waals surface area contributed by atoms with Crippen molar-refractivity contribution < 1.29 is 21.6 Å². The Labute approximate surface area is 235 Å². The normalized spacial score (nSPS) is 22.7. The Hall–Kier alpha value is -2.72. The molecule has 0 bridgehead atoms. The number of aryl methyl sites for hydroxylation is 1. The van der Waals surface area contributed by atoms with Crippen LogP contribution in [0.1, 0.15) is 41.0 Å². The zero-order valence-corrected chi connectivity index (χ0v) is 23.9. The number of alkyl halides is 3. The van der Waals surface area contributed by atoms with Crippen LogP contribution < -0.4 is 5.32 Å². The van der Waals surface area contributed by atoms with Crippen molar-refractivity contribution in [2.45, 2.75) is 55.8 Å². The molecule has 2 heterocycles. The molecule has 3 aromatic carbocycles. The lowest BCUT2D eigenvalue weighted by Crippen LogP contribution is -2.68. The zero-order chi connectivity index (χ0) is 28.7. The Morgan fingerprint density at radius 3 is 2.33 bits per heavy atom. The SMILES string of the molecule is CNCC1C(c2ccc(-c3cccc(C)c3C)cc2)[C@@H]2CN(S(=O)(=O)c3ccccc3C(F)(F)F)CCCCN12. The number of halogens is 3. The predicted molar refractivity (Wildman–Crippen MR) is 152 cm³/mol. The van der Waals surface area contributed by atoms with Gasteiger partial charge in [-0.3, -0.25) is 4.90 Å². The number of fused-ring (bicyclic) bond motifs is 1. The summed E-state index contributed by atoms with van der Waals surface area (Å²) >= 11 is 0. The number of hydrogen-bond donors (Lipinski definition) is 1. The minimum Gasteiger partial charge on any atom is -0.318 e. The van der Waals surface area contributed by atoms with Crippen molar-refractivity contribution in [3.05, 3.63) is 89.0 Å². The van der Waals surface area contributed by atoms with Crippen LogP contribution in [0.2, 0.25) is 0 Å². The molecule has 2 saturated heterocycles. The van der Waals surface area contributed by atoms with Gasteiger partial charge in [0.2, 0.25) is 10.0 Å². The summed E-state index contributed by atoms with van der Waals surface area (Å²) in [7, 11) is -2.45. The van der Waals surface area contributed by atoms with Crippen LogP contribution in [-0.2, 0) is 16.2 Å². The fourth-order valence-electron chi connectivity index (χ4n) is 6.38. The molecule has 3 atom stereocenters. The number of sulfonamides is 1. The molecule has 0 amide bonds. The highest BCUT2D eigenvalue weighted by atomic mass is 32.2. The van der Waals surface area contributed by atoms with Crippen LogP contribution in [0.25, 0.3) is 11.1 Å². The van der Waals surface area contributed by atoms with E-state index < -0.39 is 26.7 Å². The van der Waals surface area contributed by atoms with Crippen LogP contribution in [0.4, 0.5) is 13.2 Å². The van der Waals surface area contributed by atoms with Crippen LogP contribution in [0, 0.1) is 13.8 Å². The summed E-state index contributed by atoms with van der Waals surface area (Å²) in [5.74, 6) is 0.0498. The highest BCUT2D eigenvalue weighted by Gasteiger charge is 2.50. The highest BCUT2D eigenvalue weighted by molar-refractivity contribution is 7.89. The first-order valence-electron chi connectivity index (χ1n) is 13.8. The fraction of sp³-hybridized carbons (Fsp3) is 0.419. The lowest BCUT2D eigenvalue weighted by molar-refractivity contribution is -0.139. The molecule has 5 rings (SSSR count). The maximum absolute atomic E-state index is 13.8. The number of benzene rings is 3. The summed E-state index contributed by atoms with van der Waals surface area (Å²) in [6, 6.07) is 19.3. The molecule has 0 aromatic heterocycles. The van der Waals surface area contributed by atoms with E-state index in [2.05, 4.69) is 66.5 Å². The summed E-state index contributed by atoms with van der Waals surface area (Å²) in [5, 5.41) is 3.28. The standard InChI is InChI=1S/C31H36F3N3O2S/c1-21-9-8-10-25(22(21)2)23-13-15-24(16-14-23)30-27(19-35-3)37-18-7-6-17-36(20-28(30)37)40(38,39)29-12-5-4-11-26(29)31(32,33)34/h4-5,8-16,27-28,30,35H,6-7,17-20H2,1-3H3/t27?,28-,30?/m0/s1. The first-order chi connectivity index (χ1) is 19.0. The molecular formula is C31H36F3N3O2S. The largest absolute Gasteiger partial charge is 0.417 e. The van der Waals surface area contributed by atoms with E-state index in [0.717, 1.165) is 42.8 Å². The Balaban J connectivity index is 1.47. The Bertz CT molecular complexity index is 1460. The lowest BCUT2D eigenvalue weighted by Gasteiger charge is -2.57. The molecule has 2 aliphatic rings. The van der Waals surface area contributed by atoms with Gasteiger partial charge in [-0.15, -0.1) is 0 Å². The van der Waals surface area contributed by atoms with E-state index in [1.165, 1.54) is 33.1 Å². The number of rotatable bonds is 6. The average molecular weight is 572 g/mol. The van der Waals surface area contributed by atoms with Gasteiger partial charge in [-0.05, 0) is 80.2 Å². The van der Waals surface area contributed by atoms with Crippen LogP contribution in [0.3, 0.4) is 0 Å². The molecule has 0 radical (unpaired) electrons. The molecule has 40 heavy (non-hydrogen) atoms. The monoisotopic (exact) mass is 571 g/mol. The second kappa shape index (κ2) is 11.3. The first kappa shape index (κ1) is 28.8. The summed E-state index contributed by atoms with van der Waals surface area (Å²) in [6.07, 6.45) is -3.38. The highest BCUT2D eigenvalue weighted by Crippen LogP contribution is 2.44. The maximum Gasteiger partial charge on any atom is 0.417 e. The van der Waals surface area contributed by atoms with Gasteiger partial charge in [-0.1, -0.05) is 54.6 Å². The van der Waals surface area contributed by atoms with Crippen LogP contribution in [0.15, 0.2) is 71.6 Å². The van der Waals surface area contributed by atoms with Crippen molar-refractivity contribution in [2.75, 3.05) is 33.2 Å². The van der Waals surface area contributed by atoms with Gasteiger partial charge in [0, 0.05) is 37.6 Å². The van der Waals surface area contributed by atoms with E-state index in [1.54, 1.807) is 0 Å². The van der Waals surface area contributed by atoms with E-state index >= 15 is 0 Å². The molecule has 5 nitrogen and oxygen atoms in total. The Kier molecular flexibility index (Phi) is 8.12. The summed E-state index contributed by atoms with van der Waals surface area (Å²) in [4.78, 5) is 1.66. The zero-order valence-electron chi connectivity index (χ0n) is 23.1. The summed E-state index contributed by atoms with van der Waals surface area (Å²) in [5.41, 5.74) is 4.77. The van der Waals surface area contributed by atoms with Crippen LogP contribution in [-0.4, -0.2) is 62.9 Å². The molecule has 0 spiro atoms. The van der Waals surface area contributed by atoms with E-state index in [1.807, 2.05) is 7.05 Å². The molecule has 0 saturated carbocycles. The molecule has 2 fully saturated rings. The van der Waals surface area contributed by atoms with Crippen molar-refractivity contribution >= 4 is 10.0 Å². The first-order valence-corrected chi connectivity index (χ1v) is 15.2. The van der Waals surface area contributed by atoms with Crippen molar-refractivity contribution in [3.63, 3.8) is 0 Å². The molecule has 2 unspecified atom stereocenters. The van der Waals surface area contributed by atoms with Gasteiger partial charge in [0.15, 0.2) is 0 Å². The Morgan fingerprint density at radius 1 is 0.925 bits per heavy atom. The van der Waals surface area contributed by atoms with Crippen molar-refractivity contribution in [3.8, 4) is 11.1 Å². The summed E-state index contributed by atoms with van der Waals surface area (Å²) < 4.78 is 70.0. The third-order valence-corrected chi connectivity index (χ3v) is 10.5. The van der Waals surface area contributed by atoms with Crippen LogP contribution >= 0.6 is 0 Å². The van der Waals surface area contributed by atoms with Crippen molar-refractivity contribution in [1.82, 2.24) is 14.5 Å². The van der Waals surface area contributed by atoms with Gasteiger partial charge < -0.3 is 5.32 Å². The third kappa shape index (κ3) is 5.32. The topological polar surface area (TPSA) is 52.7 Å². The maximum atomic E-state index is 13.8. The minimum absolute atomic E-state index is 0.0498. The number of nitrogens with zero attached hydrogens (tertiary/aromatic N) is 2. The molecule has 3 aromatic rings.